The van der Waals surface area contributed by atoms with Crippen molar-refractivity contribution in [1.82, 2.24) is 4.90 Å². The highest BCUT2D eigenvalue weighted by Crippen LogP contribution is 2.34. The van der Waals surface area contributed by atoms with E-state index in [-0.39, 0.29) is 12.2 Å². The fourth-order valence-electron chi connectivity index (χ4n) is 2.65. The first-order valence-corrected chi connectivity index (χ1v) is 10.9. The van der Waals surface area contributed by atoms with Gasteiger partial charge >= 0.3 is 0 Å². The molecule has 12 nitrogen and oxygen atoms in total. The van der Waals surface area contributed by atoms with Crippen LogP contribution in [0.5, 0.6) is 0 Å². The molecule has 1 amide bonds. The molecule has 14 heteroatoms. The molecule has 2 rings (SSSR count). The molecule has 1 aliphatic rings. The third-order valence-electron chi connectivity index (χ3n) is 4.18. The monoisotopic (exact) mass is 444 g/mol. The molecule has 3 N–H and O–H groups in total. The largest absolute Gasteiger partial charge is 0.493 e. The highest BCUT2D eigenvalue weighted by atomic mass is 32.2. The number of aliphatic hydroxyl groups excluding tert-OH is 1. The molecule has 0 saturated carbocycles. The molecule has 0 radical (unpaired) electrons. The summed E-state index contributed by atoms with van der Waals surface area (Å²) < 4.78 is 63.9. The van der Waals surface area contributed by atoms with Gasteiger partial charge in [0, 0.05) is 12.5 Å². The minimum Gasteiger partial charge on any atom is -0.493 e. The molecule has 0 bridgehead atoms. The summed E-state index contributed by atoms with van der Waals surface area (Å²) in [5, 5.41) is 26.9. The highest BCUT2D eigenvalue weighted by Gasteiger charge is 2.40. The summed E-state index contributed by atoms with van der Waals surface area (Å²) in [7, 11) is -9.72. The molecule has 0 spiro atoms. The Morgan fingerprint density at radius 1 is 1.17 bits per heavy atom. The lowest BCUT2D eigenvalue weighted by Gasteiger charge is -2.31. The zero-order valence-corrected chi connectivity index (χ0v) is 16.7. The summed E-state index contributed by atoms with van der Waals surface area (Å²) in [5.74, 6) is -3.24. The number of hydrogen-bond acceptors (Lipinski definition) is 9. The molecule has 2 atom stereocenters. The van der Waals surface area contributed by atoms with Crippen LogP contribution in [0.2, 0.25) is 0 Å². The molecule has 0 saturated heterocycles. The minimum absolute atomic E-state index is 0.0356. The van der Waals surface area contributed by atoms with Gasteiger partial charge in [0.25, 0.3) is 20.2 Å². The molecule has 0 aliphatic carbocycles. The van der Waals surface area contributed by atoms with Crippen LogP contribution in [0.3, 0.4) is 0 Å². The molecule has 29 heavy (non-hydrogen) atoms. The van der Waals surface area contributed by atoms with E-state index in [1.165, 1.54) is 6.92 Å². The molecular formula is C15H16N4O8S2. The standard InChI is InChI=1S/C15H16N4O8S2/c1-3-19-14(20)10(7-16)8(2)13(15(19)21)18-17-11-5-4-9(28(22,23)24)6-12(11)29(25,26)27/h4-6,8,10,21H,3H2,1-2H3,(H,22,23,24)(H,25,26,27). The molecule has 1 aromatic carbocycles. The summed E-state index contributed by atoms with van der Waals surface area (Å²) in [6.07, 6.45) is 0. The predicted molar refractivity (Wildman–Crippen MR) is 95.9 cm³/mol. The maximum Gasteiger partial charge on any atom is 0.296 e. The number of benzene rings is 1. The van der Waals surface area contributed by atoms with E-state index < -0.39 is 59.3 Å². The lowest BCUT2D eigenvalue weighted by molar-refractivity contribution is -0.136. The number of nitrogens with zero attached hydrogens (tertiary/aromatic N) is 4. The number of allylic oxidation sites excluding steroid dienone is 1. The maximum absolute atomic E-state index is 12.2. The number of rotatable bonds is 5. The van der Waals surface area contributed by atoms with E-state index in [9.17, 15) is 36.6 Å². The average molecular weight is 444 g/mol. The molecule has 1 heterocycles. The van der Waals surface area contributed by atoms with Gasteiger partial charge in [-0.05, 0) is 25.1 Å². The first kappa shape index (κ1) is 22.4. The van der Waals surface area contributed by atoms with Crippen molar-refractivity contribution in [1.29, 1.82) is 5.26 Å². The molecule has 2 unspecified atom stereocenters. The number of azo groups is 1. The van der Waals surface area contributed by atoms with Gasteiger partial charge in [-0.3, -0.25) is 18.8 Å². The van der Waals surface area contributed by atoms with Crippen LogP contribution in [0.15, 0.2) is 49.8 Å². The van der Waals surface area contributed by atoms with Crippen LogP contribution in [-0.2, 0) is 25.0 Å². The summed E-state index contributed by atoms with van der Waals surface area (Å²) in [4.78, 5) is 11.3. The zero-order chi connectivity index (χ0) is 22.1. The Balaban J connectivity index is 2.62. The Labute approximate surface area is 166 Å². The fourth-order valence-corrected chi connectivity index (χ4v) is 3.88. The van der Waals surface area contributed by atoms with E-state index >= 15 is 0 Å². The van der Waals surface area contributed by atoms with E-state index in [2.05, 4.69) is 10.2 Å². The second-order valence-electron chi connectivity index (χ2n) is 5.97. The van der Waals surface area contributed by atoms with E-state index in [0.29, 0.717) is 6.07 Å². The van der Waals surface area contributed by atoms with Gasteiger partial charge in [-0.2, -0.15) is 22.1 Å². The highest BCUT2D eigenvalue weighted by molar-refractivity contribution is 7.86. The SMILES string of the molecule is CCN1C(=O)C(C#N)C(C)C(N=Nc2ccc(S(=O)(=O)O)cc2S(=O)(=O)O)=C1O. The van der Waals surface area contributed by atoms with Crippen molar-refractivity contribution in [2.45, 2.75) is 23.6 Å². The van der Waals surface area contributed by atoms with Gasteiger partial charge in [0.1, 0.15) is 22.2 Å². The van der Waals surface area contributed by atoms with Gasteiger partial charge in [0.2, 0.25) is 11.8 Å². The Kier molecular flexibility index (Phi) is 6.09. The normalized spacial score (nSPS) is 20.9. The van der Waals surface area contributed by atoms with E-state index in [1.54, 1.807) is 6.92 Å². The third kappa shape index (κ3) is 4.43. The number of nitriles is 1. The van der Waals surface area contributed by atoms with Gasteiger partial charge in [-0.25, -0.2) is 0 Å². The van der Waals surface area contributed by atoms with Crippen molar-refractivity contribution in [2.24, 2.45) is 22.1 Å². The first-order chi connectivity index (χ1) is 13.3. The van der Waals surface area contributed by atoms with Gasteiger partial charge in [-0.1, -0.05) is 6.92 Å². The minimum atomic E-state index is -4.96. The molecule has 156 valence electrons. The Morgan fingerprint density at radius 2 is 1.79 bits per heavy atom. The number of hydrogen-bond donors (Lipinski definition) is 3. The number of carbonyl (C=O) groups is 1. The second-order valence-corrected chi connectivity index (χ2v) is 8.78. The van der Waals surface area contributed by atoms with Crippen molar-refractivity contribution >= 4 is 31.8 Å². The first-order valence-electron chi connectivity index (χ1n) is 7.97. The number of aliphatic hydroxyl groups is 1. The fraction of sp³-hybridized carbons (Fsp3) is 0.333. The maximum atomic E-state index is 12.2. The Bertz CT molecular complexity index is 1170. The number of amides is 1. The smallest absolute Gasteiger partial charge is 0.296 e. The summed E-state index contributed by atoms with van der Waals surface area (Å²) in [5.41, 5.74) is -0.681. The van der Waals surface area contributed by atoms with E-state index in [1.807, 2.05) is 6.07 Å². The Hall–Kier alpha value is -2.86. The van der Waals surface area contributed by atoms with Crippen LogP contribution in [0.25, 0.3) is 0 Å². The van der Waals surface area contributed by atoms with E-state index in [4.69, 9.17) is 4.55 Å². The van der Waals surface area contributed by atoms with Crippen molar-refractivity contribution in [2.75, 3.05) is 6.54 Å². The molecule has 1 aliphatic heterocycles. The van der Waals surface area contributed by atoms with Gasteiger partial charge in [0.15, 0.2) is 0 Å². The van der Waals surface area contributed by atoms with Gasteiger partial charge in [0.05, 0.1) is 11.0 Å². The topological polar surface area (TPSA) is 198 Å². The van der Waals surface area contributed by atoms with Crippen LogP contribution in [0, 0.1) is 23.2 Å². The predicted octanol–water partition coefficient (Wildman–Crippen LogP) is 1.63. The lowest BCUT2D eigenvalue weighted by Crippen LogP contribution is -2.43. The van der Waals surface area contributed by atoms with Crippen LogP contribution in [-0.4, -0.2) is 48.4 Å². The summed E-state index contributed by atoms with van der Waals surface area (Å²) in [6, 6.07) is 3.99. The second kappa shape index (κ2) is 7.87. The number of carbonyl (C=O) groups excluding carboxylic acids is 1. The Morgan fingerprint density at radius 3 is 2.28 bits per heavy atom. The van der Waals surface area contributed by atoms with Crippen molar-refractivity contribution in [3.8, 4) is 6.07 Å². The van der Waals surface area contributed by atoms with Crippen molar-refractivity contribution in [3.05, 3.63) is 29.8 Å². The van der Waals surface area contributed by atoms with Crippen molar-refractivity contribution < 1.29 is 35.8 Å². The lowest BCUT2D eigenvalue weighted by atomic mass is 9.88. The van der Waals surface area contributed by atoms with Gasteiger partial charge in [-0.15, -0.1) is 10.2 Å². The molecule has 0 fully saturated rings. The molecule has 1 aromatic rings. The molecular weight excluding hydrogens is 428 g/mol. The summed E-state index contributed by atoms with van der Waals surface area (Å²) >= 11 is 0. The zero-order valence-electron chi connectivity index (χ0n) is 15.1. The van der Waals surface area contributed by atoms with Crippen molar-refractivity contribution in [3.63, 3.8) is 0 Å². The molecule has 0 aromatic heterocycles. The van der Waals surface area contributed by atoms with Crippen LogP contribution in [0.4, 0.5) is 5.69 Å². The third-order valence-corrected chi connectivity index (χ3v) is 5.91. The van der Waals surface area contributed by atoms with Crippen LogP contribution in [0.1, 0.15) is 13.8 Å². The van der Waals surface area contributed by atoms with E-state index in [0.717, 1.165) is 17.0 Å². The average Bonchev–Trinajstić information content (AvgIpc) is 2.60. The quantitative estimate of drug-likeness (QED) is 0.446. The van der Waals surface area contributed by atoms with Gasteiger partial charge < -0.3 is 5.11 Å². The summed E-state index contributed by atoms with van der Waals surface area (Å²) in [6.45, 7) is 3.03. The van der Waals surface area contributed by atoms with Crippen LogP contribution < -0.4 is 0 Å². The van der Waals surface area contributed by atoms with Crippen LogP contribution >= 0.6 is 0 Å².